The van der Waals surface area contributed by atoms with Crippen molar-refractivity contribution in [3.63, 3.8) is 0 Å². The van der Waals surface area contributed by atoms with Gasteiger partial charge in [0.25, 0.3) is 0 Å². The number of aryl methyl sites for hydroxylation is 1. The molecule has 0 atom stereocenters. The fourth-order valence-electron chi connectivity index (χ4n) is 1.92. The van der Waals surface area contributed by atoms with Gasteiger partial charge in [-0.05, 0) is 31.0 Å². The highest BCUT2D eigenvalue weighted by Gasteiger charge is 2.20. The van der Waals surface area contributed by atoms with Gasteiger partial charge in [0.1, 0.15) is 5.82 Å². The van der Waals surface area contributed by atoms with Crippen LogP contribution in [0.3, 0.4) is 0 Å². The van der Waals surface area contributed by atoms with Gasteiger partial charge >= 0.3 is 5.97 Å². The number of carbonyl (C=O) groups is 1. The zero-order chi connectivity index (χ0) is 15.7. The van der Waals surface area contributed by atoms with E-state index < -0.39 is 5.97 Å². The van der Waals surface area contributed by atoms with Gasteiger partial charge in [0.15, 0.2) is 5.69 Å². The Kier molecular flexibility index (Phi) is 4.14. The molecule has 0 radical (unpaired) electrons. The van der Waals surface area contributed by atoms with Gasteiger partial charge in [0.05, 0.1) is 23.5 Å². The van der Waals surface area contributed by atoms with E-state index >= 15 is 0 Å². The van der Waals surface area contributed by atoms with Crippen molar-refractivity contribution in [2.45, 2.75) is 13.8 Å². The topological polar surface area (TPSA) is 65.2 Å². The van der Waals surface area contributed by atoms with Crippen LogP contribution in [-0.2, 0) is 4.74 Å². The third kappa shape index (κ3) is 2.69. The number of hydrogen-bond donors (Lipinski definition) is 1. The number of hydrogen-bond acceptors (Lipinski definition) is 4. The van der Waals surface area contributed by atoms with E-state index in [9.17, 15) is 9.18 Å². The van der Waals surface area contributed by atoms with E-state index in [1.807, 2.05) is 0 Å². The van der Waals surface area contributed by atoms with Gasteiger partial charge in [0.2, 0.25) is 0 Å². The molecule has 0 aliphatic rings. The molecule has 1 aromatic heterocycles. The summed E-state index contributed by atoms with van der Waals surface area (Å²) in [5.74, 6) is -1.05. The number of nitrogens with zero attached hydrogens (tertiary/aromatic N) is 1. The summed E-state index contributed by atoms with van der Waals surface area (Å²) < 4.78 is 18.4. The standard InChI is InChI=1S/C15H14ClFN2O2/c1-7-4-5-9(6-10(7)17)13-8(2)12(18)11(16)14(19-13)15(20)21-3/h4-6H,1-3H3,(H2,18,19). The molecule has 1 heterocycles. The summed E-state index contributed by atoms with van der Waals surface area (Å²) in [5, 5.41) is 0.0377. The first-order valence-electron chi connectivity index (χ1n) is 6.17. The summed E-state index contributed by atoms with van der Waals surface area (Å²) >= 11 is 6.03. The highest BCUT2D eigenvalue weighted by atomic mass is 35.5. The lowest BCUT2D eigenvalue weighted by atomic mass is 10.0. The van der Waals surface area contributed by atoms with E-state index in [1.54, 1.807) is 26.0 Å². The van der Waals surface area contributed by atoms with Gasteiger partial charge in [-0.25, -0.2) is 14.2 Å². The maximum Gasteiger partial charge on any atom is 0.358 e. The molecule has 0 aliphatic heterocycles. The molecule has 110 valence electrons. The molecule has 0 unspecified atom stereocenters. The number of ether oxygens (including phenoxy) is 1. The Hall–Kier alpha value is -2.14. The van der Waals surface area contributed by atoms with E-state index in [0.29, 0.717) is 22.4 Å². The van der Waals surface area contributed by atoms with Crippen molar-refractivity contribution >= 4 is 23.3 Å². The second-order valence-electron chi connectivity index (χ2n) is 4.62. The van der Waals surface area contributed by atoms with Gasteiger partial charge in [-0.2, -0.15) is 0 Å². The maximum atomic E-state index is 13.7. The van der Waals surface area contributed by atoms with E-state index in [0.717, 1.165) is 0 Å². The predicted molar refractivity (Wildman–Crippen MR) is 79.9 cm³/mol. The number of methoxy groups -OCH3 is 1. The van der Waals surface area contributed by atoms with Crippen LogP contribution in [0.1, 0.15) is 21.6 Å². The number of nitrogens with two attached hydrogens (primary N) is 1. The summed E-state index contributed by atoms with van der Waals surface area (Å²) in [4.78, 5) is 15.9. The number of benzene rings is 1. The smallest absolute Gasteiger partial charge is 0.358 e. The Labute approximate surface area is 126 Å². The normalized spacial score (nSPS) is 10.5. The Bertz CT molecular complexity index is 732. The summed E-state index contributed by atoms with van der Waals surface area (Å²) in [7, 11) is 1.22. The van der Waals surface area contributed by atoms with Crippen LogP contribution in [0.25, 0.3) is 11.3 Å². The number of aromatic nitrogens is 1. The number of rotatable bonds is 2. The monoisotopic (exact) mass is 308 g/mol. The third-order valence-corrected chi connectivity index (χ3v) is 3.63. The molecule has 0 aliphatic carbocycles. The quantitative estimate of drug-likeness (QED) is 0.862. The fraction of sp³-hybridized carbons (Fsp3) is 0.200. The van der Waals surface area contributed by atoms with Crippen LogP contribution in [0.5, 0.6) is 0 Å². The molecular formula is C15H14ClFN2O2. The Morgan fingerprint density at radius 2 is 2.05 bits per heavy atom. The summed E-state index contributed by atoms with van der Waals surface area (Å²) in [6.45, 7) is 3.37. The summed E-state index contributed by atoms with van der Waals surface area (Å²) in [6, 6.07) is 4.69. The molecule has 1 aromatic carbocycles. The van der Waals surface area contributed by atoms with Crippen LogP contribution in [0.2, 0.25) is 5.02 Å². The van der Waals surface area contributed by atoms with Crippen LogP contribution in [0, 0.1) is 19.7 Å². The fourth-order valence-corrected chi connectivity index (χ4v) is 2.18. The van der Waals surface area contributed by atoms with Crippen molar-refractivity contribution < 1.29 is 13.9 Å². The van der Waals surface area contributed by atoms with E-state index in [2.05, 4.69) is 9.72 Å². The summed E-state index contributed by atoms with van der Waals surface area (Å²) in [5.41, 5.74) is 8.06. The second kappa shape index (κ2) is 5.69. The third-order valence-electron chi connectivity index (χ3n) is 3.25. The first-order chi connectivity index (χ1) is 9.86. The zero-order valence-electron chi connectivity index (χ0n) is 11.8. The Morgan fingerprint density at radius 1 is 1.38 bits per heavy atom. The van der Waals surface area contributed by atoms with Crippen molar-refractivity contribution in [3.05, 3.63) is 45.9 Å². The van der Waals surface area contributed by atoms with Crippen molar-refractivity contribution in [1.82, 2.24) is 4.98 Å². The molecule has 0 spiro atoms. The second-order valence-corrected chi connectivity index (χ2v) is 5.00. The average molecular weight is 309 g/mol. The lowest BCUT2D eigenvalue weighted by Gasteiger charge is -2.13. The van der Waals surface area contributed by atoms with E-state index in [-0.39, 0.29) is 22.2 Å². The molecule has 21 heavy (non-hydrogen) atoms. The predicted octanol–water partition coefficient (Wildman–Crippen LogP) is 3.53. The minimum atomic E-state index is -0.694. The van der Waals surface area contributed by atoms with Gasteiger partial charge in [-0.3, -0.25) is 0 Å². The van der Waals surface area contributed by atoms with Gasteiger partial charge < -0.3 is 10.5 Å². The van der Waals surface area contributed by atoms with Gasteiger partial charge in [0, 0.05) is 5.56 Å². The van der Waals surface area contributed by atoms with Crippen LogP contribution in [0.4, 0.5) is 10.1 Å². The largest absolute Gasteiger partial charge is 0.464 e. The molecule has 0 bridgehead atoms. The summed E-state index contributed by atoms with van der Waals surface area (Å²) in [6.07, 6.45) is 0. The molecule has 4 nitrogen and oxygen atoms in total. The minimum absolute atomic E-state index is 0.0377. The van der Waals surface area contributed by atoms with Crippen LogP contribution in [-0.4, -0.2) is 18.1 Å². The van der Waals surface area contributed by atoms with Crippen molar-refractivity contribution in [1.29, 1.82) is 0 Å². The molecule has 2 aromatic rings. The first-order valence-corrected chi connectivity index (χ1v) is 6.55. The molecule has 0 fully saturated rings. The number of esters is 1. The molecule has 0 saturated carbocycles. The molecule has 2 rings (SSSR count). The number of nitrogen functional groups attached to an aromatic ring is 1. The van der Waals surface area contributed by atoms with Crippen LogP contribution in [0.15, 0.2) is 18.2 Å². The lowest BCUT2D eigenvalue weighted by molar-refractivity contribution is 0.0594. The van der Waals surface area contributed by atoms with Gasteiger partial charge in [-0.1, -0.05) is 23.7 Å². The van der Waals surface area contributed by atoms with E-state index in [1.165, 1.54) is 13.2 Å². The average Bonchev–Trinajstić information content (AvgIpc) is 2.47. The Balaban J connectivity index is 2.71. The Morgan fingerprint density at radius 3 is 2.62 bits per heavy atom. The maximum absolute atomic E-state index is 13.7. The number of halogens is 2. The molecule has 2 N–H and O–H groups in total. The number of pyridine rings is 1. The molecule has 0 amide bonds. The van der Waals surface area contributed by atoms with E-state index in [4.69, 9.17) is 17.3 Å². The number of carbonyl (C=O) groups excluding carboxylic acids is 1. The molecule has 0 saturated heterocycles. The first kappa shape index (κ1) is 15.3. The lowest BCUT2D eigenvalue weighted by Crippen LogP contribution is -2.10. The van der Waals surface area contributed by atoms with Crippen molar-refractivity contribution in [2.24, 2.45) is 0 Å². The highest BCUT2D eigenvalue weighted by Crippen LogP contribution is 2.33. The molecular weight excluding hydrogens is 295 g/mol. The zero-order valence-corrected chi connectivity index (χ0v) is 12.6. The minimum Gasteiger partial charge on any atom is -0.464 e. The highest BCUT2D eigenvalue weighted by molar-refractivity contribution is 6.36. The van der Waals surface area contributed by atoms with Gasteiger partial charge in [-0.15, -0.1) is 0 Å². The SMILES string of the molecule is COC(=O)c1nc(-c2ccc(C)c(F)c2)c(C)c(N)c1Cl. The van der Waals surface area contributed by atoms with Crippen LogP contribution < -0.4 is 5.73 Å². The van der Waals surface area contributed by atoms with Crippen molar-refractivity contribution in [3.8, 4) is 11.3 Å². The number of anilines is 1. The molecule has 6 heteroatoms. The van der Waals surface area contributed by atoms with Crippen LogP contribution >= 0.6 is 11.6 Å². The van der Waals surface area contributed by atoms with Crippen molar-refractivity contribution in [2.75, 3.05) is 12.8 Å².